The molecule has 1 nitrogen and oxygen atoms in total. The first-order chi connectivity index (χ1) is 10.4. The van der Waals surface area contributed by atoms with E-state index >= 15 is 0 Å². The summed E-state index contributed by atoms with van der Waals surface area (Å²) in [6.45, 7) is 0. The van der Waals surface area contributed by atoms with Crippen molar-refractivity contribution in [1.82, 2.24) is 0 Å². The molecule has 1 aliphatic rings. The molecular weight excluding hydrogens is 289 g/mol. The molecule has 1 unspecified atom stereocenters. The number of rotatable bonds is 1. The third kappa shape index (κ3) is 2.91. The van der Waals surface area contributed by atoms with Crippen LogP contribution in [0.25, 0.3) is 0 Å². The Morgan fingerprint density at radius 1 is 0.909 bits per heavy atom. The van der Waals surface area contributed by atoms with Crippen molar-refractivity contribution in [2.75, 3.05) is 0 Å². The van der Waals surface area contributed by atoms with E-state index in [2.05, 4.69) is 0 Å². The van der Waals surface area contributed by atoms with Crippen LogP contribution in [0.5, 0.6) is 0 Å². The number of ketones is 1. The highest BCUT2D eigenvalue weighted by atomic mass is 19.4. The van der Waals surface area contributed by atoms with Gasteiger partial charge in [-0.05, 0) is 41.7 Å². The van der Waals surface area contributed by atoms with Crippen molar-refractivity contribution in [3.05, 3.63) is 70.8 Å². The van der Waals surface area contributed by atoms with E-state index < -0.39 is 11.7 Å². The minimum absolute atomic E-state index is 0.0738. The van der Waals surface area contributed by atoms with Crippen LogP contribution in [0.1, 0.15) is 34.6 Å². The fraction of sp³-hybridized carbons (Fsp3) is 0.278. The zero-order valence-electron chi connectivity index (χ0n) is 11.9. The van der Waals surface area contributed by atoms with E-state index in [1.54, 1.807) is 0 Å². The summed E-state index contributed by atoms with van der Waals surface area (Å²) < 4.78 is 37.8. The molecule has 0 bridgehead atoms. The van der Waals surface area contributed by atoms with E-state index in [1.807, 2.05) is 24.3 Å². The SMILES string of the molecule is O=C1Cc2ccccc2CCC1c1ccc(C(F)(F)F)cc1. The number of alkyl halides is 3. The van der Waals surface area contributed by atoms with Crippen LogP contribution in [-0.4, -0.2) is 5.78 Å². The summed E-state index contributed by atoms with van der Waals surface area (Å²) in [6, 6.07) is 12.8. The normalized spacial score (nSPS) is 18.7. The predicted molar refractivity (Wildman–Crippen MR) is 77.7 cm³/mol. The van der Waals surface area contributed by atoms with Crippen LogP contribution >= 0.6 is 0 Å². The Hall–Kier alpha value is -2.10. The van der Waals surface area contributed by atoms with Crippen molar-refractivity contribution in [3.63, 3.8) is 0 Å². The Labute approximate surface area is 126 Å². The first-order valence-corrected chi connectivity index (χ1v) is 7.22. The van der Waals surface area contributed by atoms with Gasteiger partial charge in [0.15, 0.2) is 0 Å². The van der Waals surface area contributed by atoms with E-state index in [4.69, 9.17) is 0 Å². The highest BCUT2D eigenvalue weighted by molar-refractivity contribution is 5.88. The molecule has 0 saturated heterocycles. The van der Waals surface area contributed by atoms with Gasteiger partial charge in [-0.25, -0.2) is 0 Å². The lowest BCUT2D eigenvalue weighted by atomic mass is 9.89. The zero-order valence-corrected chi connectivity index (χ0v) is 11.9. The molecule has 0 fully saturated rings. The number of aryl methyl sites for hydroxylation is 1. The Morgan fingerprint density at radius 2 is 1.55 bits per heavy atom. The molecule has 3 rings (SSSR count). The average molecular weight is 304 g/mol. The number of benzene rings is 2. The van der Waals surface area contributed by atoms with Crippen LogP contribution in [0.3, 0.4) is 0 Å². The van der Waals surface area contributed by atoms with Gasteiger partial charge in [-0.2, -0.15) is 13.2 Å². The first-order valence-electron chi connectivity index (χ1n) is 7.22. The minimum atomic E-state index is -4.35. The van der Waals surface area contributed by atoms with Crippen LogP contribution in [0.15, 0.2) is 48.5 Å². The number of halogens is 3. The Morgan fingerprint density at radius 3 is 2.18 bits per heavy atom. The maximum absolute atomic E-state index is 12.6. The highest BCUT2D eigenvalue weighted by Crippen LogP contribution is 2.33. The molecule has 4 heteroatoms. The van der Waals surface area contributed by atoms with Gasteiger partial charge < -0.3 is 0 Å². The summed E-state index contributed by atoms with van der Waals surface area (Å²) in [7, 11) is 0. The molecule has 0 aromatic heterocycles. The molecule has 2 aromatic carbocycles. The van der Waals surface area contributed by atoms with E-state index in [1.165, 1.54) is 12.1 Å². The van der Waals surface area contributed by atoms with Crippen molar-refractivity contribution in [1.29, 1.82) is 0 Å². The van der Waals surface area contributed by atoms with Gasteiger partial charge in [0.05, 0.1) is 5.56 Å². The van der Waals surface area contributed by atoms with Gasteiger partial charge >= 0.3 is 6.18 Å². The lowest BCUT2D eigenvalue weighted by Gasteiger charge is -2.14. The van der Waals surface area contributed by atoms with Gasteiger partial charge in [-0.3, -0.25) is 4.79 Å². The van der Waals surface area contributed by atoms with Crippen molar-refractivity contribution < 1.29 is 18.0 Å². The molecule has 114 valence electrons. The number of Topliss-reactive ketones (excluding diaryl/α,β-unsaturated/α-hetero) is 1. The zero-order chi connectivity index (χ0) is 15.7. The molecule has 22 heavy (non-hydrogen) atoms. The molecule has 0 aliphatic heterocycles. The molecular formula is C18H15F3O. The van der Waals surface area contributed by atoms with Gasteiger partial charge in [0.2, 0.25) is 0 Å². The van der Waals surface area contributed by atoms with E-state index in [9.17, 15) is 18.0 Å². The number of hydrogen-bond donors (Lipinski definition) is 0. The quantitative estimate of drug-likeness (QED) is 0.707. The van der Waals surface area contributed by atoms with E-state index in [0.29, 0.717) is 18.4 Å². The molecule has 0 N–H and O–H groups in total. The summed E-state index contributed by atoms with van der Waals surface area (Å²) in [6.07, 6.45) is -2.58. The molecule has 0 spiro atoms. The second-order valence-corrected chi connectivity index (χ2v) is 5.62. The molecule has 0 heterocycles. The summed E-state index contributed by atoms with van der Waals surface area (Å²) in [5.74, 6) is -0.251. The van der Waals surface area contributed by atoms with Crippen LogP contribution in [0.2, 0.25) is 0 Å². The predicted octanol–water partition coefficient (Wildman–Crippen LogP) is 4.55. The minimum Gasteiger partial charge on any atom is -0.299 e. The van der Waals surface area contributed by atoms with Gasteiger partial charge in [0.25, 0.3) is 0 Å². The lowest BCUT2D eigenvalue weighted by molar-refractivity contribution is -0.137. The summed E-state index contributed by atoms with van der Waals surface area (Å²) >= 11 is 0. The topological polar surface area (TPSA) is 17.1 Å². The van der Waals surface area contributed by atoms with Crippen LogP contribution in [0, 0.1) is 0 Å². The van der Waals surface area contributed by atoms with Gasteiger partial charge in [-0.15, -0.1) is 0 Å². The summed E-state index contributed by atoms with van der Waals surface area (Å²) in [4.78, 5) is 12.4. The molecule has 0 saturated carbocycles. The third-order valence-corrected chi connectivity index (χ3v) is 4.21. The number of carbonyl (C=O) groups excluding carboxylic acids is 1. The number of carbonyl (C=O) groups is 1. The fourth-order valence-electron chi connectivity index (χ4n) is 3.00. The van der Waals surface area contributed by atoms with Gasteiger partial charge in [0.1, 0.15) is 5.78 Å². The van der Waals surface area contributed by atoms with Crippen molar-refractivity contribution in [2.45, 2.75) is 31.4 Å². The van der Waals surface area contributed by atoms with Crippen molar-refractivity contribution >= 4 is 5.78 Å². The lowest BCUT2D eigenvalue weighted by Crippen LogP contribution is -2.14. The van der Waals surface area contributed by atoms with Crippen LogP contribution < -0.4 is 0 Å². The maximum atomic E-state index is 12.6. The summed E-state index contributed by atoms with van der Waals surface area (Å²) in [5, 5.41) is 0. The number of hydrogen-bond acceptors (Lipinski definition) is 1. The Kier molecular flexibility index (Phi) is 3.77. The van der Waals surface area contributed by atoms with Crippen molar-refractivity contribution in [2.24, 2.45) is 0 Å². The van der Waals surface area contributed by atoms with Gasteiger partial charge in [-0.1, -0.05) is 36.4 Å². The second-order valence-electron chi connectivity index (χ2n) is 5.62. The Bertz CT molecular complexity index is 686. The Balaban J connectivity index is 1.85. The smallest absolute Gasteiger partial charge is 0.299 e. The fourth-order valence-corrected chi connectivity index (χ4v) is 3.00. The highest BCUT2D eigenvalue weighted by Gasteiger charge is 2.31. The van der Waals surface area contributed by atoms with Crippen LogP contribution in [-0.2, 0) is 23.8 Å². The maximum Gasteiger partial charge on any atom is 0.416 e. The average Bonchev–Trinajstić information content (AvgIpc) is 2.65. The monoisotopic (exact) mass is 304 g/mol. The summed E-state index contributed by atoms with van der Waals surface area (Å²) in [5.41, 5.74) is 2.18. The molecule has 1 aliphatic carbocycles. The molecule has 0 amide bonds. The standard InChI is InChI=1S/C18H15F3O/c19-18(20,21)15-8-5-13(6-9-15)16-10-7-12-3-1-2-4-14(12)11-17(16)22/h1-6,8-9,16H,7,10-11H2. The number of fused-ring (bicyclic) bond motifs is 1. The van der Waals surface area contributed by atoms with Crippen LogP contribution in [0.4, 0.5) is 13.2 Å². The van der Waals surface area contributed by atoms with E-state index in [-0.39, 0.29) is 11.7 Å². The third-order valence-electron chi connectivity index (χ3n) is 4.21. The van der Waals surface area contributed by atoms with E-state index in [0.717, 1.165) is 29.7 Å². The largest absolute Gasteiger partial charge is 0.416 e. The van der Waals surface area contributed by atoms with Crippen molar-refractivity contribution in [3.8, 4) is 0 Å². The molecule has 0 radical (unpaired) electrons. The second kappa shape index (κ2) is 5.59. The molecule has 2 aromatic rings. The molecule has 1 atom stereocenters. The van der Waals surface area contributed by atoms with Gasteiger partial charge in [0, 0.05) is 12.3 Å². The first kappa shape index (κ1) is 14.8.